The smallest absolute Gasteiger partial charge is 0.252 e. The lowest BCUT2D eigenvalue weighted by molar-refractivity contribution is -0.126. The third kappa shape index (κ3) is 4.12. The summed E-state index contributed by atoms with van der Waals surface area (Å²) >= 11 is 1.72. The van der Waals surface area contributed by atoms with Gasteiger partial charge in [-0.1, -0.05) is 0 Å². The summed E-state index contributed by atoms with van der Waals surface area (Å²) in [7, 11) is 2.15. The van der Waals surface area contributed by atoms with Crippen LogP contribution in [0.3, 0.4) is 0 Å². The zero-order valence-electron chi connectivity index (χ0n) is 14.0. The van der Waals surface area contributed by atoms with Crippen LogP contribution in [-0.2, 0) is 16.1 Å². The highest BCUT2D eigenvalue weighted by atomic mass is 32.1. The lowest BCUT2D eigenvalue weighted by Crippen LogP contribution is -2.33. The van der Waals surface area contributed by atoms with Crippen molar-refractivity contribution >= 4 is 17.2 Å². The van der Waals surface area contributed by atoms with Crippen molar-refractivity contribution in [1.82, 2.24) is 14.8 Å². The number of likely N-dealkylation sites (tertiary alicyclic amines) is 1. The van der Waals surface area contributed by atoms with Gasteiger partial charge >= 0.3 is 0 Å². The molecule has 1 fully saturated rings. The van der Waals surface area contributed by atoms with Crippen LogP contribution in [0.2, 0.25) is 0 Å². The molecule has 0 bridgehead atoms. The fourth-order valence-corrected chi connectivity index (χ4v) is 4.18. The topological polar surface area (TPSA) is 45.7 Å². The minimum atomic E-state index is 0.174. The Hall–Kier alpha value is -1.40. The second-order valence-corrected chi connectivity index (χ2v) is 7.52. The normalized spacial score (nSPS) is 21.4. The average molecular weight is 335 g/mol. The van der Waals surface area contributed by atoms with Crippen LogP contribution in [0.25, 0.3) is 0 Å². The minimum Gasteiger partial charge on any atom is -0.501 e. The summed E-state index contributed by atoms with van der Waals surface area (Å²) in [5.74, 6) is 0.732. The molecule has 0 N–H and O–H groups in total. The number of aryl methyl sites for hydroxylation is 1. The van der Waals surface area contributed by atoms with Crippen molar-refractivity contribution in [1.29, 1.82) is 0 Å². The maximum atomic E-state index is 12.5. The highest BCUT2D eigenvalue weighted by Gasteiger charge is 2.29. The molecule has 0 spiro atoms. The van der Waals surface area contributed by atoms with Crippen LogP contribution in [0, 0.1) is 12.8 Å². The van der Waals surface area contributed by atoms with Crippen LogP contribution in [-0.4, -0.2) is 54.0 Å². The van der Waals surface area contributed by atoms with Crippen molar-refractivity contribution in [2.45, 2.75) is 32.7 Å². The Balaban J connectivity index is 1.48. The van der Waals surface area contributed by atoms with Gasteiger partial charge in [0.1, 0.15) is 0 Å². The van der Waals surface area contributed by atoms with Gasteiger partial charge in [0.25, 0.3) is 5.91 Å². The van der Waals surface area contributed by atoms with Crippen molar-refractivity contribution in [2.24, 2.45) is 5.92 Å². The molecule has 6 heteroatoms. The van der Waals surface area contributed by atoms with E-state index in [2.05, 4.69) is 23.9 Å². The van der Waals surface area contributed by atoms with Gasteiger partial charge in [0.05, 0.1) is 29.6 Å². The number of thiazole rings is 1. The number of rotatable bonds is 5. The third-order valence-corrected chi connectivity index (χ3v) is 5.53. The van der Waals surface area contributed by atoms with Gasteiger partial charge in [-0.15, -0.1) is 11.3 Å². The molecule has 2 aliphatic rings. The summed E-state index contributed by atoms with van der Waals surface area (Å²) < 4.78 is 5.30. The molecule has 3 rings (SSSR count). The standard InChI is InChI=1S/C17H25N3O2S/c1-13-16(23-12-18-13)10-19(2)8-14-5-6-20(9-14)17(21)15-4-3-7-22-11-15/h11-12,14H,3-10H2,1-2H3/t14-/m1/s1. The number of carbonyl (C=O) groups is 1. The first-order chi connectivity index (χ1) is 11.1. The highest BCUT2D eigenvalue weighted by Crippen LogP contribution is 2.23. The number of nitrogens with zero attached hydrogens (tertiary/aromatic N) is 3. The zero-order chi connectivity index (χ0) is 16.2. The van der Waals surface area contributed by atoms with Crippen molar-refractivity contribution in [3.05, 3.63) is 27.9 Å². The van der Waals surface area contributed by atoms with Crippen molar-refractivity contribution in [3.8, 4) is 0 Å². The Morgan fingerprint density at radius 1 is 1.57 bits per heavy atom. The maximum absolute atomic E-state index is 12.5. The predicted octanol–water partition coefficient (Wildman–Crippen LogP) is 2.43. The summed E-state index contributed by atoms with van der Waals surface area (Å²) in [5, 5.41) is 0. The van der Waals surface area contributed by atoms with Gasteiger partial charge in [0, 0.05) is 31.1 Å². The highest BCUT2D eigenvalue weighted by molar-refractivity contribution is 7.09. The fourth-order valence-electron chi connectivity index (χ4n) is 3.32. The van der Waals surface area contributed by atoms with Crippen molar-refractivity contribution in [3.63, 3.8) is 0 Å². The number of hydrogen-bond acceptors (Lipinski definition) is 5. The minimum absolute atomic E-state index is 0.174. The van der Waals surface area contributed by atoms with E-state index >= 15 is 0 Å². The summed E-state index contributed by atoms with van der Waals surface area (Å²) in [6.45, 7) is 6.50. The molecule has 0 saturated carbocycles. The van der Waals surface area contributed by atoms with Gasteiger partial charge in [-0.2, -0.15) is 0 Å². The number of ether oxygens (including phenoxy) is 1. The Morgan fingerprint density at radius 2 is 2.43 bits per heavy atom. The molecule has 0 radical (unpaired) electrons. The van der Waals surface area contributed by atoms with Gasteiger partial charge in [0.15, 0.2) is 0 Å². The molecule has 3 heterocycles. The zero-order valence-corrected chi connectivity index (χ0v) is 14.8. The molecule has 126 valence electrons. The lowest BCUT2D eigenvalue weighted by Gasteiger charge is -2.22. The molecule has 0 unspecified atom stereocenters. The molecule has 5 nitrogen and oxygen atoms in total. The van der Waals surface area contributed by atoms with Crippen molar-refractivity contribution < 1.29 is 9.53 Å². The van der Waals surface area contributed by atoms with Crippen LogP contribution >= 0.6 is 11.3 Å². The second-order valence-electron chi connectivity index (χ2n) is 6.58. The monoisotopic (exact) mass is 335 g/mol. The van der Waals surface area contributed by atoms with Gasteiger partial charge in [-0.3, -0.25) is 4.79 Å². The van der Waals surface area contributed by atoms with E-state index in [1.165, 1.54) is 4.88 Å². The maximum Gasteiger partial charge on any atom is 0.252 e. The number of hydrogen-bond donors (Lipinski definition) is 0. The predicted molar refractivity (Wildman–Crippen MR) is 91.1 cm³/mol. The molecular formula is C17H25N3O2S. The van der Waals surface area contributed by atoms with Crippen LogP contribution in [0.5, 0.6) is 0 Å². The molecule has 1 aromatic heterocycles. The molecule has 1 saturated heterocycles. The van der Waals surface area contributed by atoms with Crippen LogP contribution in [0.4, 0.5) is 0 Å². The average Bonchev–Trinajstić information content (AvgIpc) is 3.17. The summed E-state index contributed by atoms with van der Waals surface area (Å²) in [5.41, 5.74) is 3.88. The fraction of sp³-hybridized carbons (Fsp3) is 0.647. The van der Waals surface area contributed by atoms with E-state index in [0.29, 0.717) is 5.92 Å². The number of carbonyl (C=O) groups excluding carboxylic acids is 1. The van der Waals surface area contributed by atoms with E-state index in [9.17, 15) is 4.79 Å². The van der Waals surface area contributed by atoms with Crippen LogP contribution < -0.4 is 0 Å². The van der Waals surface area contributed by atoms with E-state index in [1.807, 2.05) is 10.4 Å². The Labute approximate surface area is 141 Å². The Kier molecular flexibility index (Phi) is 5.33. The SMILES string of the molecule is Cc1ncsc1CN(C)C[C@H]1CCN(C(=O)C2=COCCC2)C1. The molecule has 1 amide bonds. The molecule has 2 aliphatic heterocycles. The first-order valence-electron chi connectivity index (χ1n) is 8.31. The number of amides is 1. The molecule has 0 aliphatic carbocycles. The quantitative estimate of drug-likeness (QED) is 0.829. The Bertz CT molecular complexity index is 584. The van der Waals surface area contributed by atoms with Gasteiger partial charge in [-0.25, -0.2) is 4.98 Å². The van der Waals surface area contributed by atoms with E-state index in [-0.39, 0.29) is 5.91 Å². The van der Waals surface area contributed by atoms with Gasteiger partial charge in [-0.05, 0) is 39.2 Å². The first-order valence-corrected chi connectivity index (χ1v) is 9.19. The summed E-state index contributed by atoms with van der Waals surface area (Å²) in [6.07, 6.45) is 4.56. The third-order valence-electron chi connectivity index (χ3n) is 4.61. The largest absolute Gasteiger partial charge is 0.501 e. The van der Waals surface area contributed by atoms with E-state index < -0.39 is 0 Å². The van der Waals surface area contributed by atoms with Crippen molar-refractivity contribution in [2.75, 3.05) is 33.3 Å². The van der Waals surface area contributed by atoms with Gasteiger partial charge in [0.2, 0.25) is 0 Å². The molecular weight excluding hydrogens is 310 g/mol. The number of aromatic nitrogens is 1. The summed E-state index contributed by atoms with van der Waals surface area (Å²) in [6, 6.07) is 0. The Morgan fingerprint density at radius 3 is 3.13 bits per heavy atom. The molecule has 0 aromatic carbocycles. The van der Waals surface area contributed by atoms with E-state index in [1.54, 1.807) is 17.6 Å². The van der Waals surface area contributed by atoms with Crippen LogP contribution in [0.15, 0.2) is 17.3 Å². The second kappa shape index (κ2) is 7.45. The van der Waals surface area contributed by atoms with E-state index in [4.69, 9.17) is 4.74 Å². The first kappa shape index (κ1) is 16.5. The molecule has 23 heavy (non-hydrogen) atoms. The summed E-state index contributed by atoms with van der Waals surface area (Å²) in [4.78, 5) is 22.5. The van der Waals surface area contributed by atoms with Gasteiger partial charge < -0.3 is 14.5 Å². The lowest BCUT2D eigenvalue weighted by atomic mass is 10.1. The van der Waals surface area contributed by atoms with E-state index in [0.717, 1.165) is 63.3 Å². The molecule has 1 atom stereocenters. The van der Waals surface area contributed by atoms with Crippen LogP contribution in [0.1, 0.15) is 29.8 Å². The molecule has 1 aromatic rings.